The summed E-state index contributed by atoms with van der Waals surface area (Å²) in [6.45, 7) is 4.27. The number of hydrogen-bond donors (Lipinski definition) is 1. The highest BCUT2D eigenvalue weighted by molar-refractivity contribution is 5.94. The van der Waals surface area contributed by atoms with Crippen LogP contribution in [-0.4, -0.2) is 35.0 Å². The van der Waals surface area contributed by atoms with Gasteiger partial charge in [-0.2, -0.15) is 0 Å². The van der Waals surface area contributed by atoms with Gasteiger partial charge in [-0.25, -0.2) is 0 Å². The van der Waals surface area contributed by atoms with E-state index in [1.807, 2.05) is 6.92 Å². The molecule has 0 fully saturated rings. The second-order valence-electron chi connectivity index (χ2n) is 3.47. The van der Waals surface area contributed by atoms with Gasteiger partial charge in [0.15, 0.2) is 0 Å². The fraction of sp³-hybridized carbons (Fsp3) is 0.455. The summed E-state index contributed by atoms with van der Waals surface area (Å²) in [5.41, 5.74) is 0.463. The molecule has 1 heterocycles. The van der Waals surface area contributed by atoms with Crippen molar-refractivity contribution in [3.8, 4) is 0 Å². The normalized spacial score (nSPS) is 10.1. The number of amides is 1. The third kappa shape index (κ3) is 3.12. The first kappa shape index (κ1) is 12.3. The highest BCUT2D eigenvalue weighted by Crippen LogP contribution is 2.10. The smallest absolute Gasteiger partial charge is 0.305 e. The predicted molar refractivity (Wildman–Crippen MR) is 57.3 cm³/mol. The molecule has 0 saturated carbocycles. The third-order valence-corrected chi connectivity index (χ3v) is 2.24. The number of carboxylic acids is 1. The van der Waals surface area contributed by atoms with E-state index in [4.69, 9.17) is 9.52 Å². The molecular formula is C11H15NO4. The van der Waals surface area contributed by atoms with Gasteiger partial charge in [-0.05, 0) is 19.9 Å². The van der Waals surface area contributed by atoms with Crippen LogP contribution in [-0.2, 0) is 4.79 Å². The zero-order valence-corrected chi connectivity index (χ0v) is 9.40. The molecule has 0 bridgehead atoms. The lowest BCUT2D eigenvalue weighted by molar-refractivity contribution is -0.137. The highest BCUT2D eigenvalue weighted by atomic mass is 16.4. The maximum atomic E-state index is 11.9. The molecule has 1 N–H and O–H groups in total. The lowest BCUT2D eigenvalue weighted by atomic mass is 10.2. The molecule has 1 aromatic heterocycles. The quantitative estimate of drug-likeness (QED) is 0.824. The van der Waals surface area contributed by atoms with Crippen molar-refractivity contribution in [3.63, 3.8) is 0 Å². The van der Waals surface area contributed by atoms with E-state index in [2.05, 4.69) is 0 Å². The zero-order chi connectivity index (χ0) is 12.1. The molecule has 0 saturated heterocycles. The van der Waals surface area contributed by atoms with Crippen LogP contribution in [0.4, 0.5) is 0 Å². The van der Waals surface area contributed by atoms with Crippen LogP contribution >= 0.6 is 0 Å². The van der Waals surface area contributed by atoms with Gasteiger partial charge in [-0.3, -0.25) is 9.59 Å². The topological polar surface area (TPSA) is 70.8 Å². The summed E-state index contributed by atoms with van der Waals surface area (Å²) in [6.07, 6.45) is 1.34. The molecule has 1 amide bonds. The molecule has 0 aliphatic heterocycles. The Morgan fingerprint density at radius 2 is 2.19 bits per heavy atom. The Bertz CT molecular complexity index is 383. The van der Waals surface area contributed by atoms with Crippen LogP contribution in [0.5, 0.6) is 0 Å². The summed E-state index contributed by atoms with van der Waals surface area (Å²) >= 11 is 0. The van der Waals surface area contributed by atoms with Gasteiger partial charge < -0.3 is 14.4 Å². The minimum absolute atomic E-state index is 0.0452. The minimum atomic E-state index is -0.908. The summed E-state index contributed by atoms with van der Waals surface area (Å²) in [5, 5.41) is 8.56. The predicted octanol–water partition coefficient (Wildman–Crippen LogP) is 1.52. The molecule has 0 unspecified atom stereocenters. The summed E-state index contributed by atoms with van der Waals surface area (Å²) in [7, 11) is 0. The van der Waals surface area contributed by atoms with Crippen molar-refractivity contribution in [1.82, 2.24) is 4.90 Å². The van der Waals surface area contributed by atoms with E-state index in [0.717, 1.165) is 0 Å². The van der Waals surface area contributed by atoms with Gasteiger partial charge in [-0.1, -0.05) is 0 Å². The summed E-state index contributed by atoms with van der Waals surface area (Å²) in [6, 6.07) is 1.64. The van der Waals surface area contributed by atoms with Gasteiger partial charge in [-0.15, -0.1) is 0 Å². The largest absolute Gasteiger partial charge is 0.481 e. The van der Waals surface area contributed by atoms with E-state index < -0.39 is 5.97 Å². The van der Waals surface area contributed by atoms with Crippen molar-refractivity contribution in [2.24, 2.45) is 0 Å². The van der Waals surface area contributed by atoms with Gasteiger partial charge in [0.2, 0.25) is 0 Å². The van der Waals surface area contributed by atoms with Crippen molar-refractivity contribution >= 4 is 11.9 Å². The van der Waals surface area contributed by atoms with E-state index in [-0.39, 0.29) is 18.9 Å². The summed E-state index contributed by atoms with van der Waals surface area (Å²) < 4.78 is 5.04. The molecule has 0 aliphatic carbocycles. The molecule has 88 valence electrons. The molecule has 1 aromatic rings. The Labute approximate surface area is 93.7 Å². The Morgan fingerprint density at radius 1 is 1.50 bits per heavy atom. The fourth-order valence-electron chi connectivity index (χ4n) is 1.37. The van der Waals surface area contributed by atoms with Crippen molar-refractivity contribution in [1.29, 1.82) is 0 Å². The second-order valence-corrected chi connectivity index (χ2v) is 3.47. The maximum Gasteiger partial charge on any atom is 0.305 e. The van der Waals surface area contributed by atoms with E-state index in [1.54, 1.807) is 13.0 Å². The first-order valence-electron chi connectivity index (χ1n) is 5.10. The van der Waals surface area contributed by atoms with Crippen LogP contribution in [0.25, 0.3) is 0 Å². The summed E-state index contributed by atoms with van der Waals surface area (Å²) in [5.74, 6) is -0.437. The van der Waals surface area contributed by atoms with Crippen molar-refractivity contribution < 1.29 is 19.1 Å². The van der Waals surface area contributed by atoms with Crippen LogP contribution in [0, 0.1) is 6.92 Å². The minimum Gasteiger partial charge on any atom is -0.481 e. The molecule has 16 heavy (non-hydrogen) atoms. The van der Waals surface area contributed by atoms with E-state index in [1.165, 1.54) is 11.2 Å². The van der Waals surface area contributed by atoms with Crippen LogP contribution in [0.15, 0.2) is 16.7 Å². The van der Waals surface area contributed by atoms with Crippen molar-refractivity contribution in [2.75, 3.05) is 13.1 Å². The molecule has 5 nitrogen and oxygen atoms in total. The van der Waals surface area contributed by atoms with Gasteiger partial charge in [0, 0.05) is 13.1 Å². The average molecular weight is 225 g/mol. The number of aryl methyl sites for hydroxylation is 1. The molecule has 0 spiro atoms. The number of carboxylic acid groups (broad SMARTS) is 1. The van der Waals surface area contributed by atoms with E-state index in [9.17, 15) is 9.59 Å². The van der Waals surface area contributed by atoms with Crippen molar-refractivity contribution in [2.45, 2.75) is 20.3 Å². The van der Waals surface area contributed by atoms with Crippen LogP contribution in [0.3, 0.4) is 0 Å². The number of aliphatic carboxylic acids is 1. The fourth-order valence-corrected chi connectivity index (χ4v) is 1.37. The standard InChI is InChI=1S/C11H15NO4/c1-3-12(5-4-10(13)14)11(15)9-6-8(2)16-7-9/h6-7H,3-5H2,1-2H3,(H,13,14). The number of furan rings is 1. The van der Waals surface area contributed by atoms with Crippen molar-refractivity contribution in [3.05, 3.63) is 23.7 Å². The number of carbonyl (C=O) groups is 2. The molecule has 0 atom stereocenters. The second kappa shape index (κ2) is 5.34. The number of nitrogens with zero attached hydrogens (tertiary/aromatic N) is 1. The van der Waals surface area contributed by atoms with Crippen LogP contribution < -0.4 is 0 Å². The highest BCUT2D eigenvalue weighted by Gasteiger charge is 2.16. The Balaban J connectivity index is 2.66. The van der Waals surface area contributed by atoms with Gasteiger partial charge in [0.1, 0.15) is 12.0 Å². The summed E-state index contributed by atoms with van der Waals surface area (Å²) in [4.78, 5) is 23.8. The van der Waals surface area contributed by atoms with Gasteiger partial charge >= 0.3 is 5.97 Å². The lowest BCUT2D eigenvalue weighted by Gasteiger charge is -2.18. The number of hydrogen-bond acceptors (Lipinski definition) is 3. The molecule has 0 aromatic carbocycles. The maximum absolute atomic E-state index is 11.9. The monoisotopic (exact) mass is 225 g/mol. The first-order valence-corrected chi connectivity index (χ1v) is 5.10. The SMILES string of the molecule is CCN(CCC(=O)O)C(=O)c1coc(C)c1. The third-order valence-electron chi connectivity index (χ3n) is 2.24. The van der Waals surface area contributed by atoms with Crippen LogP contribution in [0.1, 0.15) is 29.5 Å². The van der Waals surface area contributed by atoms with Gasteiger partial charge in [0.25, 0.3) is 5.91 Å². The Hall–Kier alpha value is -1.78. The molecular weight excluding hydrogens is 210 g/mol. The Kier molecular flexibility index (Phi) is 4.10. The molecule has 5 heteroatoms. The zero-order valence-electron chi connectivity index (χ0n) is 9.40. The molecule has 0 radical (unpaired) electrons. The van der Waals surface area contributed by atoms with Gasteiger partial charge in [0.05, 0.1) is 12.0 Å². The van der Waals surface area contributed by atoms with Crippen LogP contribution in [0.2, 0.25) is 0 Å². The number of carbonyl (C=O) groups excluding carboxylic acids is 1. The lowest BCUT2D eigenvalue weighted by Crippen LogP contribution is -2.32. The van der Waals surface area contributed by atoms with E-state index >= 15 is 0 Å². The molecule has 1 rings (SSSR count). The van der Waals surface area contributed by atoms with E-state index in [0.29, 0.717) is 17.9 Å². The average Bonchev–Trinajstić information content (AvgIpc) is 2.65. The first-order chi connectivity index (χ1) is 7.54. The number of rotatable bonds is 5. The molecule has 0 aliphatic rings. The Morgan fingerprint density at radius 3 is 2.62 bits per heavy atom.